The number of carbonyl (C=O) groups excluding carboxylic acids is 2. The molecule has 7 nitrogen and oxygen atoms in total. The Hall–Kier alpha value is -2.57. The summed E-state index contributed by atoms with van der Waals surface area (Å²) < 4.78 is 1.73. The number of urea groups is 1. The van der Waals surface area contributed by atoms with Gasteiger partial charge < -0.3 is 5.73 Å². The first-order valence-electron chi connectivity index (χ1n) is 5.50. The van der Waals surface area contributed by atoms with Crippen LogP contribution in [0.3, 0.4) is 0 Å². The monoisotopic (exact) mass is 245 g/mol. The number of carbonyl (C=O) groups is 2. The highest BCUT2D eigenvalue weighted by Gasteiger charge is 2.25. The molecule has 18 heavy (non-hydrogen) atoms. The number of aromatic nitrogens is 2. The minimum absolute atomic E-state index is 0.256. The lowest BCUT2D eigenvalue weighted by molar-refractivity contribution is -0.120. The summed E-state index contributed by atoms with van der Waals surface area (Å²) in [5.74, 6) is 0.770. The first kappa shape index (κ1) is 10.6. The zero-order valence-electron chi connectivity index (χ0n) is 9.46. The maximum atomic E-state index is 11.8. The molecule has 3 rings (SSSR count). The predicted molar refractivity (Wildman–Crippen MR) is 65.1 cm³/mol. The number of pyridine rings is 1. The number of nitrogens with two attached hydrogens (primary N) is 1. The molecule has 7 heteroatoms. The number of imidazole rings is 1. The Morgan fingerprint density at radius 1 is 1.33 bits per heavy atom. The van der Waals surface area contributed by atoms with Gasteiger partial charge in [-0.1, -0.05) is 6.07 Å². The van der Waals surface area contributed by atoms with Crippen molar-refractivity contribution in [3.05, 3.63) is 24.4 Å². The van der Waals surface area contributed by atoms with Crippen molar-refractivity contribution in [1.82, 2.24) is 14.7 Å². The lowest BCUT2D eigenvalue weighted by Gasteiger charge is -2.26. The van der Waals surface area contributed by atoms with Crippen LogP contribution in [-0.2, 0) is 4.79 Å². The Morgan fingerprint density at radius 3 is 2.94 bits per heavy atom. The number of rotatable bonds is 1. The van der Waals surface area contributed by atoms with Crippen molar-refractivity contribution in [3.63, 3.8) is 0 Å². The third-order valence-electron chi connectivity index (χ3n) is 2.82. The van der Waals surface area contributed by atoms with Crippen LogP contribution in [0.25, 0.3) is 5.65 Å². The fourth-order valence-corrected chi connectivity index (χ4v) is 2.02. The van der Waals surface area contributed by atoms with Crippen LogP contribution in [0, 0.1) is 0 Å². The standard InChI is InChI=1S/C11H11N5O2/c12-7-6-16-8(13-7)2-1-3-10(16)15-5-4-9(17)14-11(15)18/h1-3,6H,4-5,12H2,(H,14,17,18). The lowest BCUT2D eigenvalue weighted by Crippen LogP contribution is -2.50. The van der Waals surface area contributed by atoms with Gasteiger partial charge in [-0.15, -0.1) is 0 Å². The normalized spacial score (nSPS) is 16.1. The molecule has 2 aromatic heterocycles. The maximum absolute atomic E-state index is 11.8. The fraction of sp³-hybridized carbons (Fsp3) is 0.182. The second-order valence-electron chi connectivity index (χ2n) is 4.03. The molecule has 0 atom stereocenters. The number of hydrogen-bond acceptors (Lipinski definition) is 4. The van der Waals surface area contributed by atoms with Crippen molar-refractivity contribution in [2.24, 2.45) is 0 Å². The van der Waals surface area contributed by atoms with E-state index in [1.807, 2.05) is 0 Å². The number of imide groups is 1. The summed E-state index contributed by atoms with van der Waals surface area (Å²) in [7, 11) is 0. The lowest BCUT2D eigenvalue weighted by atomic mass is 10.3. The zero-order chi connectivity index (χ0) is 12.7. The van der Waals surface area contributed by atoms with Crippen molar-refractivity contribution < 1.29 is 9.59 Å². The quantitative estimate of drug-likeness (QED) is 0.758. The third kappa shape index (κ3) is 1.56. The molecular weight excluding hydrogens is 234 g/mol. The molecule has 0 spiro atoms. The Kier molecular flexibility index (Phi) is 2.19. The van der Waals surface area contributed by atoms with E-state index in [0.717, 1.165) is 0 Å². The van der Waals surface area contributed by atoms with Gasteiger partial charge in [0.2, 0.25) is 5.91 Å². The van der Waals surface area contributed by atoms with Crippen LogP contribution < -0.4 is 16.0 Å². The summed E-state index contributed by atoms with van der Waals surface area (Å²) in [4.78, 5) is 28.5. The van der Waals surface area contributed by atoms with Gasteiger partial charge in [-0.25, -0.2) is 9.78 Å². The summed E-state index contributed by atoms with van der Waals surface area (Å²) in [5, 5.41) is 2.28. The van der Waals surface area contributed by atoms with Crippen LogP contribution in [0.1, 0.15) is 6.42 Å². The Morgan fingerprint density at radius 2 is 2.17 bits per heavy atom. The molecule has 3 N–H and O–H groups in total. The van der Waals surface area contributed by atoms with Crippen molar-refractivity contribution in [2.45, 2.75) is 6.42 Å². The number of nitrogen functional groups attached to an aromatic ring is 1. The van der Waals surface area contributed by atoms with Gasteiger partial charge in [-0.3, -0.25) is 19.4 Å². The summed E-state index contributed by atoms with van der Waals surface area (Å²) in [6, 6.07) is 4.95. The van der Waals surface area contributed by atoms with Gasteiger partial charge in [-0.2, -0.15) is 0 Å². The minimum Gasteiger partial charge on any atom is -0.382 e. The molecule has 1 saturated heterocycles. The van der Waals surface area contributed by atoms with Gasteiger partial charge in [-0.05, 0) is 12.1 Å². The van der Waals surface area contributed by atoms with E-state index in [2.05, 4.69) is 10.3 Å². The number of nitrogens with zero attached hydrogens (tertiary/aromatic N) is 3. The molecule has 2 aromatic rings. The van der Waals surface area contributed by atoms with Crippen LogP contribution in [0.5, 0.6) is 0 Å². The Labute approximate surface area is 102 Å². The molecule has 92 valence electrons. The number of fused-ring (bicyclic) bond motifs is 1. The van der Waals surface area contributed by atoms with Crippen LogP contribution in [0.4, 0.5) is 16.4 Å². The van der Waals surface area contributed by atoms with Gasteiger partial charge >= 0.3 is 6.03 Å². The molecule has 0 aromatic carbocycles. The smallest absolute Gasteiger partial charge is 0.329 e. The highest BCUT2D eigenvalue weighted by molar-refractivity contribution is 6.05. The van der Waals surface area contributed by atoms with Crippen LogP contribution in [-0.4, -0.2) is 27.9 Å². The van der Waals surface area contributed by atoms with Gasteiger partial charge in [0.25, 0.3) is 0 Å². The van der Waals surface area contributed by atoms with E-state index in [1.54, 1.807) is 28.8 Å². The number of hydrogen-bond donors (Lipinski definition) is 2. The molecule has 0 aliphatic carbocycles. The van der Waals surface area contributed by atoms with E-state index in [4.69, 9.17) is 5.73 Å². The average Bonchev–Trinajstić information content (AvgIpc) is 2.69. The highest BCUT2D eigenvalue weighted by Crippen LogP contribution is 2.20. The Balaban J connectivity index is 2.08. The zero-order valence-corrected chi connectivity index (χ0v) is 9.46. The molecule has 1 fully saturated rings. The van der Waals surface area contributed by atoms with E-state index < -0.39 is 6.03 Å². The summed E-state index contributed by atoms with van der Waals surface area (Å²) in [6.45, 7) is 0.349. The molecule has 0 unspecified atom stereocenters. The molecule has 0 radical (unpaired) electrons. The summed E-state index contributed by atoms with van der Waals surface area (Å²) in [6.07, 6.45) is 1.93. The van der Waals surface area contributed by atoms with Crippen molar-refractivity contribution in [3.8, 4) is 0 Å². The van der Waals surface area contributed by atoms with Gasteiger partial charge in [0.1, 0.15) is 17.3 Å². The van der Waals surface area contributed by atoms with E-state index in [-0.39, 0.29) is 12.3 Å². The summed E-state index contributed by atoms with van der Waals surface area (Å²) >= 11 is 0. The largest absolute Gasteiger partial charge is 0.382 e. The van der Waals surface area contributed by atoms with Gasteiger partial charge in [0.15, 0.2) is 0 Å². The van der Waals surface area contributed by atoms with Crippen molar-refractivity contribution in [2.75, 3.05) is 17.2 Å². The summed E-state index contributed by atoms with van der Waals surface area (Å²) in [5.41, 5.74) is 6.30. The maximum Gasteiger partial charge on any atom is 0.329 e. The molecule has 1 aliphatic rings. The molecule has 1 aliphatic heterocycles. The Bertz CT molecular complexity index is 648. The predicted octanol–water partition coefficient (Wildman–Crippen LogP) is 0.363. The second kappa shape index (κ2) is 3.73. The SMILES string of the molecule is Nc1cn2c(N3CCC(=O)NC3=O)cccc2n1. The van der Waals surface area contributed by atoms with Crippen LogP contribution >= 0.6 is 0 Å². The van der Waals surface area contributed by atoms with Gasteiger partial charge in [0.05, 0.1) is 6.20 Å². The van der Waals surface area contributed by atoms with E-state index in [9.17, 15) is 9.59 Å². The van der Waals surface area contributed by atoms with E-state index in [0.29, 0.717) is 23.8 Å². The first-order chi connectivity index (χ1) is 8.65. The molecule has 0 saturated carbocycles. The van der Waals surface area contributed by atoms with E-state index in [1.165, 1.54) is 4.90 Å². The molecule has 0 bridgehead atoms. The first-order valence-corrected chi connectivity index (χ1v) is 5.50. The van der Waals surface area contributed by atoms with E-state index >= 15 is 0 Å². The van der Waals surface area contributed by atoms with Crippen LogP contribution in [0.2, 0.25) is 0 Å². The molecule has 3 heterocycles. The van der Waals surface area contributed by atoms with Gasteiger partial charge in [0, 0.05) is 13.0 Å². The topological polar surface area (TPSA) is 92.7 Å². The molecular formula is C11H11N5O2. The number of amides is 3. The second-order valence-corrected chi connectivity index (χ2v) is 4.03. The minimum atomic E-state index is -0.425. The number of nitrogens with one attached hydrogen (secondary N) is 1. The highest BCUT2D eigenvalue weighted by atomic mass is 16.2. The fourth-order valence-electron chi connectivity index (χ4n) is 2.02. The number of anilines is 2. The van der Waals surface area contributed by atoms with Crippen LogP contribution in [0.15, 0.2) is 24.4 Å². The van der Waals surface area contributed by atoms with Crippen molar-refractivity contribution in [1.29, 1.82) is 0 Å². The third-order valence-corrected chi connectivity index (χ3v) is 2.82. The van der Waals surface area contributed by atoms with Crippen molar-refractivity contribution >= 4 is 29.2 Å². The molecule has 3 amide bonds. The average molecular weight is 245 g/mol.